The largest absolute Gasteiger partial charge is 0.371 e. The lowest BCUT2D eigenvalue weighted by Crippen LogP contribution is -2.41. The lowest BCUT2D eigenvalue weighted by Gasteiger charge is -2.19. The van der Waals surface area contributed by atoms with Crippen molar-refractivity contribution in [2.24, 2.45) is 10.9 Å². The summed E-state index contributed by atoms with van der Waals surface area (Å²) in [6, 6.07) is 10.8. The van der Waals surface area contributed by atoms with E-state index < -0.39 is 11.6 Å². The molecule has 0 spiro atoms. The van der Waals surface area contributed by atoms with Gasteiger partial charge in [0.2, 0.25) is 0 Å². The second-order valence-electron chi connectivity index (χ2n) is 6.92. The van der Waals surface area contributed by atoms with E-state index in [1.807, 2.05) is 6.07 Å². The molecule has 1 unspecified atom stereocenters. The highest BCUT2D eigenvalue weighted by Gasteiger charge is 2.23. The minimum Gasteiger partial charge on any atom is -0.371 e. The number of guanidine groups is 1. The maximum atomic E-state index is 13.6. The van der Waals surface area contributed by atoms with Crippen LogP contribution in [0.1, 0.15) is 12.0 Å². The average molecular weight is 390 g/mol. The van der Waals surface area contributed by atoms with Gasteiger partial charge < -0.3 is 15.5 Å². The predicted octanol–water partition coefficient (Wildman–Crippen LogP) is 3.34. The highest BCUT2D eigenvalue weighted by atomic mass is 19.2. The smallest absolute Gasteiger partial charge is 0.190 e. The van der Waals surface area contributed by atoms with Gasteiger partial charge in [-0.05, 0) is 42.5 Å². The number of anilines is 1. The third-order valence-electron chi connectivity index (χ3n) is 4.98. The monoisotopic (exact) mass is 390 g/mol. The van der Waals surface area contributed by atoms with E-state index >= 15 is 0 Å². The molecule has 3 rings (SSSR count). The van der Waals surface area contributed by atoms with Gasteiger partial charge in [0.1, 0.15) is 5.82 Å². The Bertz CT molecular complexity index is 825. The van der Waals surface area contributed by atoms with Crippen LogP contribution in [0.3, 0.4) is 0 Å². The van der Waals surface area contributed by atoms with Crippen molar-refractivity contribution in [3.8, 4) is 0 Å². The Balaban J connectivity index is 1.43. The van der Waals surface area contributed by atoms with Crippen molar-refractivity contribution in [1.82, 2.24) is 10.6 Å². The van der Waals surface area contributed by atoms with Crippen molar-refractivity contribution in [2.45, 2.75) is 12.8 Å². The van der Waals surface area contributed by atoms with E-state index in [9.17, 15) is 13.2 Å². The fourth-order valence-electron chi connectivity index (χ4n) is 3.39. The topological polar surface area (TPSA) is 39.7 Å². The van der Waals surface area contributed by atoms with Crippen LogP contribution < -0.4 is 15.5 Å². The number of benzene rings is 2. The maximum absolute atomic E-state index is 13.6. The third kappa shape index (κ3) is 5.18. The molecule has 28 heavy (non-hydrogen) atoms. The number of nitrogens with zero attached hydrogens (tertiary/aromatic N) is 2. The predicted molar refractivity (Wildman–Crippen MR) is 106 cm³/mol. The number of aliphatic imine (C=N–C) groups is 1. The SMILES string of the molecule is CN=C(NCCc1ccccc1F)NCC1CCN(c2ccc(F)c(F)c2)C1. The summed E-state index contributed by atoms with van der Waals surface area (Å²) in [6.45, 7) is 2.87. The molecule has 2 aromatic rings. The maximum Gasteiger partial charge on any atom is 0.190 e. The fraction of sp³-hybridized carbons (Fsp3) is 0.381. The summed E-state index contributed by atoms with van der Waals surface area (Å²) < 4.78 is 40.2. The van der Waals surface area contributed by atoms with Crippen molar-refractivity contribution in [3.05, 3.63) is 65.5 Å². The van der Waals surface area contributed by atoms with E-state index in [1.165, 1.54) is 12.1 Å². The highest BCUT2D eigenvalue weighted by Crippen LogP contribution is 2.24. The Morgan fingerprint density at radius 2 is 1.89 bits per heavy atom. The first-order valence-electron chi connectivity index (χ1n) is 9.44. The molecular weight excluding hydrogens is 365 g/mol. The molecule has 0 bridgehead atoms. The molecule has 1 atom stereocenters. The van der Waals surface area contributed by atoms with E-state index in [2.05, 4.69) is 20.5 Å². The van der Waals surface area contributed by atoms with Gasteiger partial charge in [-0.15, -0.1) is 0 Å². The fourth-order valence-corrected chi connectivity index (χ4v) is 3.39. The summed E-state index contributed by atoms with van der Waals surface area (Å²) in [5.41, 5.74) is 1.37. The first-order valence-corrected chi connectivity index (χ1v) is 9.44. The van der Waals surface area contributed by atoms with E-state index in [4.69, 9.17) is 0 Å². The highest BCUT2D eigenvalue weighted by molar-refractivity contribution is 5.79. The van der Waals surface area contributed by atoms with Gasteiger partial charge in [-0.2, -0.15) is 0 Å². The summed E-state index contributed by atoms with van der Waals surface area (Å²) in [4.78, 5) is 6.26. The van der Waals surface area contributed by atoms with Gasteiger partial charge in [0.05, 0.1) is 0 Å². The number of halogens is 3. The molecule has 150 valence electrons. The van der Waals surface area contributed by atoms with Gasteiger partial charge in [-0.3, -0.25) is 4.99 Å². The van der Waals surface area contributed by atoms with E-state index in [0.29, 0.717) is 36.1 Å². The standard InChI is InChI=1S/C21H25F3N4/c1-25-21(26-10-8-16-4-2-3-5-18(16)22)27-13-15-9-11-28(14-15)17-6-7-19(23)20(24)12-17/h2-7,12,15H,8-11,13-14H2,1H3,(H2,25,26,27). The Hall–Kier alpha value is -2.70. The van der Waals surface area contributed by atoms with Crippen LogP contribution in [0.5, 0.6) is 0 Å². The van der Waals surface area contributed by atoms with Crippen LogP contribution in [0.25, 0.3) is 0 Å². The third-order valence-corrected chi connectivity index (χ3v) is 4.98. The molecule has 0 aliphatic carbocycles. The first-order chi connectivity index (χ1) is 13.6. The molecule has 2 aromatic carbocycles. The molecule has 1 saturated heterocycles. The summed E-state index contributed by atoms with van der Waals surface area (Å²) in [7, 11) is 1.70. The minimum absolute atomic E-state index is 0.199. The van der Waals surface area contributed by atoms with Crippen molar-refractivity contribution < 1.29 is 13.2 Å². The minimum atomic E-state index is -0.827. The molecule has 1 fully saturated rings. The molecule has 7 heteroatoms. The molecular formula is C21H25F3N4. The zero-order chi connectivity index (χ0) is 19.9. The zero-order valence-electron chi connectivity index (χ0n) is 15.9. The molecule has 0 amide bonds. The average Bonchev–Trinajstić information content (AvgIpc) is 3.17. The van der Waals surface area contributed by atoms with Crippen LogP contribution in [-0.4, -0.2) is 39.2 Å². The van der Waals surface area contributed by atoms with Crippen LogP contribution in [0.15, 0.2) is 47.5 Å². The Morgan fingerprint density at radius 1 is 1.07 bits per heavy atom. The molecule has 1 aliphatic heterocycles. The van der Waals surface area contributed by atoms with Gasteiger partial charge in [0.15, 0.2) is 17.6 Å². The van der Waals surface area contributed by atoms with Crippen LogP contribution in [0.4, 0.5) is 18.9 Å². The van der Waals surface area contributed by atoms with E-state index in [1.54, 1.807) is 25.2 Å². The molecule has 0 radical (unpaired) electrons. The number of nitrogens with one attached hydrogen (secondary N) is 2. The van der Waals surface area contributed by atoms with Gasteiger partial charge in [0.25, 0.3) is 0 Å². The van der Waals surface area contributed by atoms with Crippen LogP contribution in [0.2, 0.25) is 0 Å². The van der Waals surface area contributed by atoms with Crippen LogP contribution in [-0.2, 0) is 6.42 Å². The normalized spacial score (nSPS) is 17.1. The van der Waals surface area contributed by atoms with Crippen LogP contribution in [0, 0.1) is 23.4 Å². The molecule has 2 N–H and O–H groups in total. The number of hydrogen-bond acceptors (Lipinski definition) is 2. The molecule has 0 saturated carbocycles. The van der Waals surface area contributed by atoms with Crippen molar-refractivity contribution >= 4 is 11.6 Å². The first kappa shape index (κ1) is 20.0. The lowest BCUT2D eigenvalue weighted by atomic mass is 10.1. The van der Waals surface area contributed by atoms with E-state index in [-0.39, 0.29) is 5.82 Å². The Morgan fingerprint density at radius 3 is 2.64 bits per heavy atom. The quantitative estimate of drug-likeness (QED) is 0.587. The van der Waals surface area contributed by atoms with Gasteiger partial charge in [0, 0.05) is 45.0 Å². The summed E-state index contributed by atoms with van der Waals surface area (Å²) >= 11 is 0. The second kappa shape index (κ2) is 9.48. The van der Waals surface area contributed by atoms with Crippen molar-refractivity contribution in [2.75, 3.05) is 38.1 Å². The van der Waals surface area contributed by atoms with Gasteiger partial charge in [-0.1, -0.05) is 18.2 Å². The summed E-state index contributed by atoms with van der Waals surface area (Å²) in [5, 5.41) is 6.48. The van der Waals surface area contributed by atoms with Gasteiger partial charge >= 0.3 is 0 Å². The lowest BCUT2D eigenvalue weighted by molar-refractivity contribution is 0.508. The second-order valence-corrected chi connectivity index (χ2v) is 6.92. The Kier molecular flexibility index (Phi) is 6.79. The number of hydrogen-bond donors (Lipinski definition) is 2. The summed E-state index contributed by atoms with van der Waals surface area (Å²) in [6.07, 6.45) is 1.53. The van der Waals surface area contributed by atoms with E-state index in [0.717, 1.165) is 32.1 Å². The number of rotatable bonds is 6. The molecule has 4 nitrogen and oxygen atoms in total. The summed E-state index contributed by atoms with van der Waals surface area (Å²) in [5.74, 6) is -0.804. The molecule has 1 heterocycles. The van der Waals surface area contributed by atoms with Crippen molar-refractivity contribution in [3.63, 3.8) is 0 Å². The molecule has 0 aromatic heterocycles. The Labute approximate surface area is 163 Å². The molecule has 1 aliphatic rings. The van der Waals surface area contributed by atoms with Gasteiger partial charge in [-0.25, -0.2) is 13.2 Å². The zero-order valence-corrected chi connectivity index (χ0v) is 15.9. The van der Waals surface area contributed by atoms with Crippen molar-refractivity contribution in [1.29, 1.82) is 0 Å². The van der Waals surface area contributed by atoms with Crippen LogP contribution >= 0.6 is 0 Å².